The Hall–Kier alpha value is -3.40. The van der Waals surface area contributed by atoms with Gasteiger partial charge in [0.05, 0.1) is 18.8 Å². The van der Waals surface area contributed by atoms with Crippen molar-refractivity contribution in [3.8, 4) is 0 Å². The molecule has 188 valence electrons. The fourth-order valence-corrected chi connectivity index (χ4v) is 2.20. The molecule has 0 amide bonds. The second kappa shape index (κ2) is 9.09. The highest BCUT2D eigenvalue weighted by Crippen LogP contribution is 2.53. The van der Waals surface area contributed by atoms with Crippen molar-refractivity contribution in [1.29, 1.82) is 0 Å². The number of aryl methyl sites for hydroxylation is 1. The predicted molar refractivity (Wildman–Crippen MR) is 88.3 cm³/mol. The van der Waals surface area contributed by atoms with E-state index >= 15 is 0 Å². The predicted octanol–water partition coefficient (Wildman–Crippen LogP) is 2.98. The maximum Gasteiger partial charge on any atom is 0.460 e. The van der Waals surface area contributed by atoms with Crippen molar-refractivity contribution in [1.82, 2.24) is 4.68 Å². The summed E-state index contributed by atoms with van der Waals surface area (Å²) in [6.07, 6.45) is -2.86. The number of imidazole rings is 1. The number of oxime groups is 1. The van der Waals surface area contributed by atoms with E-state index in [1.165, 1.54) is 23.3 Å². The van der Waals surface area contributed by atoms with Gasteiger partial charge in [-0.1, -0.05) is 10.3 Å². The monoisotopic (exact) mass is 512 g/mol. The number of benzene rings is 1. The zero-order chi connectivity index (χ0) is 26.1. The van der Waals surface area contributed by atoms with Gasteiger partial charge in [-0.2, -0.15) is 39.5 Å². The van der Waals surface area contributed by atoms with E-state index in [9.17, 15) is 53.4 Å². The molecule has 1 heterocycles. The third-order valence-corrected chi connectivity index (χ3v) is 4.00. The summed E-state index contributed by atoms with van der Waals surface area (Å²) in [5.41, 5.74) is -1.75. The number of rotatable bonds is 8. The lowest BCUT2D eigenvalue weighted by Crippen LogP contribution is -2.62. The largest absolute Gasteiger partial charge is 0.856 e. The normalized spacial score (nSPS) is 14.2. The van der Waals surface area contributed by atoms with Crippen LogP contribution in [0, 0.1) is 11.6 Å². The average molecular weight is 512 g/mol. The first kappa shape index (κ1) is 26.8. The quantitative estimate of drug-likeness (QED) is 0.180. The minimum Gasteiger partial charge on any atom is -0.856 e. The van der Waals surface area contributed by atoms with Gasteiger partial charge in [-0.25, -0.2) is 13.3 Å². The molecule has 0 atom stereocenters. The lowest BCUT2D eigenvalue weighted by Gasteiger charge is -2.32. The summed E-state index contributed by atoms with van der Waals surface area (Å²) in [5.74, 6) is -24.3. The molecule has 0 N–H and O–H groups in total. The zero-order valence-corrected chi connectivity index (χ0v) is 16.4. The zero-order valence-electron chi connectivity index (χ0n) is 16.4. The van der Waals surface area contributed by atoms with Crippen LogP contribution in [0.5, 0.6) is 0 Å². The third kappa shape index (κ3) is 5.22. The van der Waals surface area contributed by atoms with Gasteiger partial charge in [0.15, 0.2) is 12.8 Å². The SMILES string of the molecule is C[n+]1ccn(N=C([O-])c2cc(F)c(/C=N/OCC(F)(F)C(F)(F)C(F)(F)C(F)(F)F)c(F)c2)c1. The van der Waals surface area contributed by atoms with E-state index < -0.39 is 59.2 Å². The Bertz CT molecular complexity index is 1070. The minimum atomic E-state index is -7.12. The number of alkyl halides is 9. The van der Waals surface area contributed by atoms with Gasteiger partial charge in [0.25, 0.3) is 6.33 Å². The summed E-state index contributed by atoms with van der Waals surface area (Å²) < 4.78 is 145. The molecule has 0 aliphatic rings. The molecule has 2 rings (SSSR count). The highest BCUT2D eigenvalue weighted by Gasteiger charge is 2.82. The van der Waals surface area contributed by atoms with Crippen LogP contribution in [-0.4, -0.2) is 47.3 Å². The number of hydrogen-bond acceptors (Lipinski definition) is 4. The molecule has 0 saturated carbocycles. The average Bonchev–Trinajstić information content (AvgIpc) is 3.09. The van der Waals surface area contributed by atoms with Crippen molar-refractivity contribution < 1.29 is 62.8 Å². The molecule has 17 heteroatoms. The summed E-state index contributed by atoms with van der Waals surface area (Å²) in [6.45, 7) is -2.80. The Labute approximate surface area is 182 Å². The van der Waals surface area contributed by atoms with E-state index in [-0.39, 0.29) is 6.21 Å². The topological polar surface area (TPSA) is 65.8 Å². The summed E-state index contributed by atoms with van der Waals surface area (Å²) in [7, 11) is 1.59. The number of halogens is 11. The highest BCUT2D eigenvalue weighted by molar-refractivity contribution is 5.92. The molecule has 0 unspecified atom stereocenters. The van der Waals surface area contributed by atoms with Gasteiger partial charge in [0.1, 0.15) is 17.8 Å². The molecular weight excluding hydrogens is 501 g/mol. The fourth-order valence-electron chi connectivity index (χ4n) is 2.20. The van der Waals surface area contributed by atoms with Crippen LogP contribution in [0.15, 0.2) is 41.1 Å². The van der Waals surface area contributed by atoms with Crippen LogP contribution in [0.25, 0.3) is 0 Å². The molecule has 0 spiro atoms. The molecule has 1 aromatic carbocycles. The van der Waals surface area contributed by atoms with Crippen molar-refractivity contribution in [2.75, 3.05) is 6.61 Å². The second-order valence-corrected chi connectivity index (χ2v) is 6.58. The van der Waals surface area contributed by atoms with Crippen molar-refractivity contribution in [2.45, 2.75) is 23.9 Å². The van der Waals surface area contributed by atoms with Crippen molar-refractivity contribution in [3.63, 3.8) is 0 Å². The molecule has 2 aromatic rings. The van der Waals surface area contributed by atoms with Gasteiger partial charge in [-0.3, -0.25) is 0 Å². The van der Waals surface area contributed by atoms with Gasteiger partial charge in [0, 0.05) is 5.90 Å². The van der Waals surface area contributed by atoms with Crippen LogP contribution in [0.1, 0.15) is 11.1 Å². The maximum atomic E-state index is 14.1. The van der Waals surface area contributed by atoms with Crippen LogP contribution >= 0.6 is 0 Å². The van der Waals surface area contributed by atoms with Gasteiger partial charge >= 0.3 is 23.9 Å². The van der Waals surface area contributed by atoms with Crippen LogP contribution in [0.3, 0.4) is 0 Å². The Morgan fingerprint density at radius 1 is 1.03 bits per heavy atom. The first-order valence-corrected chi connectivity index (χ1v) is 8.55. The second-order valence-electron chi connectivity index (χ2n) is 6.58. The summed E-state index contributed by atoms with van der Waals surface area (Å²) >= 11 is 0. The first-order chi connectivity index (χ1) is 15.4. The van der Waals surface area contributed by atoms with Gasteiger partial charge < -0.3 is 9.94 Å². The summed E-state index contributed by atoms with van der Waals surface area (Å²) in [5, 5.41) is 18.0. The Morgan fingerprint density at radius 2 is 1.59 bits per heavy atom. The molecule has 1 aromatic heterocycles. The number of nitrogens with zero attached hydrogens (tertiary/aromatic N) is 4. The molecule has 0 fully saturated rings. The van der Waals surface area contributed by atoms with Crippen molar-refractivity contribution in [3.05, 3.63) is 53.6 Å². The Balaban J connectivity index is 2.16. The Morgan fingerprint density at radius 3 is 2.06 bits per heavy atom. The smallest absolute Gasteiger partial charge is 0.460 e. The van der Waals surface area contributed by atoms with E-state index in [0.717, 1.165) is 4.68 Å². The van der Waals surface area contributed by atoms with Crippen molar-refractivity contribution in [2.24, 2.45) is 17.3 Å². The molecular formula is C17H11F11N4O2. The molecule has 0 bridgehead atoms. The fraction of sp³-hybridized carbons (Fsp3) is 0.353. The van der Waals surface area contributed by atoms with E-state index in [1.54, 1.807) is 7.05 Å². The summed E-state index contributed by atoms with van der Waals surface area (Å²) in [6, 6.07) is 0.902. The van der Waals surface area contributed by atoms with Gasteiger partial charge in [-0.15, -0.1) is 4.68 Å². The van der Waals surface area contributed by atoms with E-state index in [0.29, 0.717) is 12.1 Å². The van der Waals surface area contributed by atoms with Crippen LogP contribution in [0.4, 0.5) is 48.3 Å². The molecule has 0 aliphatic heterocycles. The van der Waals surface area contributed by atoms with Gasteiger partial charge in [-0.05, 0) is 17.7 Å². The number of aromatic nitrogens is 2. The minimum absolute atomic E-state index is 0.0120. The maximum absolute atomic E-state index is 14.1. The molecule has 0 aliphatic carbocycles. The molecule has 6 nitrogen and oxygen atoms in total. The summed E-state index contributed by atoms with van der Waals surface area (Å²) in [4.78, 5) is 3.58. The molecule has 0 saturated heterocycles. The van der Waals surface area contributed by atoms with E-state index in [2.05, 4.69) is 15.1 Å². The number of hydrogen-bond donors (Lipinski definition) is 0. The van der Waals surface area contributed by atoms with Gasteiger partial charge in [0.2, 0.25) is 0 Å². The lowest BCUT2D eigenvalue weighted by molar-refractivity contribution is -0.671. The lowest BCUT2D eigenvalue weighted by atomic mass is 10.1. The highest BCUT2D eigenvalue weighted by atomic mass is 19.4. The van der Waals surface area contributed by atoms with Crippen LogP contribution in [-0.2, 0) is 11.9 Å². The van der Waals surface area contributed by atoms with E-state index in [1.807, 2.05) is 0 Å². The van der Waals surface area contributed by atoms with E-state index in [4.69, 9.17) is 0 Å². The Kier molecular flexibility index (Phi) is 7.18. The third-order valence-electron chi connectivity index (χ3n) is 4.00. The standard InChI is InChI=1S/C17H11F11N4O2/c1-31-2-3-32(8-31)30-13(33)9-4-11(18)10(12(19)5-9)6-29-34-7-14(20,21)15(22,23)16(24,25)17(26,27)28/h2-6,8H,7H2,1H3/b29-6+. The molecule has 0 radical (unpaired) electrons. The molecule has 34 heavy (non-hydrogen) atoms. The van der Waals surface area contributed by atoms with Crippen molar-refractivity contribution >= 4 is 12.1 Å². The first-order valence-electron chi connectivity index (χ1n) is 8.55. The van der Waals surface area contributed by atoms with Crippen LogP contribution in [0.2, 0.25) is 0 Å². The van der Waals surface area contributed by atoms with Crippen LogP contribution < -0.4 is 9.67 Å².